The lowest BCUT2D eigenvalue weighted by atomic mass is 9.84. The molecule has 0 bridgehead atoms. The van der Waals surface area contributed by atoms with Gasteiger partial charge in [-0.15, -0.1) is 0 Å². The topological polar surface area (TPSA) is 98.2 Å². The fourth-order valence-electron chi connectivity index (χ4n) is 2.21. The molecule has 5 heteroatoms. The Morgan fingerprint density at radius 3 is 2.06 bits per heavy atom. The van der Waals surface area contributed by atoms with Crippen molar-refractivity contribution in [2.45, 2.75) is 58.5 Å². The quantitative estimate of drug-likeness (QED) is 0.685. The maximum absolute atomic E-state index is 11.9. The van der Waals surface area contributed by atoms with Crippen LogP contribution in [0.15, 0.2) is 0 Å². The van der Waals surface area contributed by atoms with Gasteiger partial charge in [-0.05, 0) is 31.1 Å². The fraction of sp³-hybridized carbons (Fsp3) is 0.846. The molecular formula is C13H25N3O2. The van der Waals surface area contributed by atoms with E-state index in [4.69, 9.17) is 11.5 Å². The zero-order valence-corrected chi connectivity index (χ0v) is 11.5. The molecule has 1 saturated carbocycles. The lowest BCUT2D eigenvalue weighted by Crippen LogP contribution is -2.52. The maximum Gasteiger partial charge on any atom is 0.237 e. The molecule has 18 heavy (non-hydrogen) atoms. The van der Waals surface area contributed by atoms with Crippen LogP contribution in [0.4, 0.5) is 0 Å². The van der Waals surface area contributed by atoms with E-state index >= 15 is 0 Å². The first-order valence-electron chi connectivity index (χ1n) is 6.57. The summed E-state index contributed by atoms with van der Waals surface area (Å²) < 4.78 is 0. The van der Waals surface area contributed by atoms with Gasteiger partial charge in [-0.3, -0.25) is 9.59 Å². The summed E-state index contributed by atoms with van der Waals surface area (Å²) in [6, 6.07) is -0.382. The summed E-state index contributed by atoms with van der Waals surface area (Å²) in [5.74, 6) is -0.370. The molecule has 0 saturated heterocycles. The number of carbonyl (C=O) groups excluding carboxylic acids is 2. The molecule has 0 aromatic carbocycles. The standard InChI is InChI=1S/C13H25N3O2/c1-13(2,3)10(14)12(18)16-9-6-4-8(5-7-9)11(15)17/h8-10H,4-7,14H2,1-3H3,(H2,15,17)(H,16,18)/t8?,9?,10-/m1/s1. The van der Waals surface area contributed by atoms with Crippen molar-refractivity contribution in [1.82, 2.24) is 5.32 Å². The van der Waals surface area contributed by atoms with E-state index in [1.54, 1.807) is 0 Å². The van der Waals surface area contributed by atoms with E-state index in [-0.39, 0.29) is 29.2 Å². The summed E-state index contributed by atoms with van der Waals surface area (Å²) in [5.41, 5.74) is 10.9. The van der Waals surface area contributed by atoms with E-state index in [1.165, 1.54) is 0 Å². The molecule has 1 atom stereocenters. The van der Waals surface area contributed by atoms with Gasteiger partial charge in [0, 0.05) is 12.0 Å². The highest BCUT2D eigenvalue weighted by molar-refractivity contribution is 5.82. The molecule has 1 rings (SSSR count). The summed E-state index contributed by atoms with van der Waals surface area (Å²) in [6.07, 6.45) is 3.11. The van der Waals surface area contributed by atoms with Crippen molar-refractivity contribution in [3.63, 3.8) is 0 Å². The normalized spacial score (nSPS) is 26.4. The summed E-state index contributed by atoms with van der Waals surface area (Å²) >= 11 is 0. The Morgan fingerprint density at radius 1 is 1.17 bits per heavy atom. The number of hydrogen-bond acceptors (Lipinski definition) is 3. The maximum atomic E-state index is 11.9. The molecule has 0 aromatic rings. The van der Waals surface area contributed by atoms with E-state index in [9.17, 15) is 9.59 Å². The second kappa shape index (κ2) is 5.69. The van der Waals surface area contributed by atoms with Crippen LogP contribution in [-0.4, -0.2) is 23.9 Å². The van der Waals surface area contributed by atoms with Crippen LogP contribution in [-0.2, 0) is 9.59 Å². The highest BCUT2D eigenvalue weighted by Crippen LogP contribution is 2.24. The van der Waals surface area contributed by atoms with Crippen molar-refractivity contribution >= 4 is 11.8 Å². The highest BCUT2D eigenvalue weighted by Gasteiger charge is 2.31. The van der Waals surface area contributed by atoms with Crippen LogP contribution in [0.2, 0.25) is 0 Å². The average Bonchev–Trinajstić information content (AvgIpc) is 2.27. The average molecular weight is 255 g/mol. The van der Waals surface area contributed by atoms with Crippen LogP contribution in [0.25, 0.3) is 0 Å². The van der Waals surface area contributed by atoms with E-state index in [1.807, 2.05) is 20.8 Å². The minimum absolute atomic E-state index is 0.0329. The van der Waals surface area contributed by atoms with Gasteiger partial charge in [0.1, 0.15) is 0 Å². The number of nitrogens with one attached hydrogen (secondary N) is 1. The first-order valence-corrected chi connectivity index (χ1v) is 6.57. The van der Waals surface area contributed by atoms with Gasteiger partial charge in [-0.1, -0.05) is 20.8 Å². The Balaban J connectivity index is 2.42. The Kier molecular flexibility index (Phi) is 4.73. The second-order valence-corrected chi connectivity index (χ2v) is 6.30. The Hall–Kier alpha value is -1.10. The van der Waals surface area contributed by atoms with Crippen LogP contribution in [0.5, 0.6) is 0 Å². The van der Waals surface area contributed by atoms with Crippen LogP contribution >= 0.6 is 0 Å². The molecule has 1 aliphatic rings. The number of amides is 2. The van der Waals surface area contributed by atoms with Crippen molar-refractivity contribution in [3.05, 3.63) is 0 Å². The number of hydrogen-bond donors (Lipinski definition) is 3. The third kappa shape index (κ3) is 3.98. The first kappa shape index (κ1) is 15.0. The summed E-state index contributed by atoms with van der Waals surface area (Å²) in [7, 11) is 0. The zero-order chi connectivity index (χ0) is 13.9. The SMILES string of the molecule is CC(C)(C)[C@H](N)C(=O)NC1CCC(C(N)=O)CC1. The van der Waals surface area contributed by atoms with E-state index in [2.05, 4.69) is 5.32 Å². The molecule has 0 radical (unpaired) electrons. The lowest BCUT2D eigenvalue weighted by molar-refractivity contribution is -0.125. The Labute approximate surface area is 109 Å². The summed E-state index contributed by atoms with van der Waals surface area (Å²) in [4.78, 5) is 23.0. The fourth-order valence-corrected chi connectivity index (χ4v) is 2.21. The Morgan fingerprint density at radius 2 is 1.67 bits per heavy atom. The molecule has 5 N–H and O–H groups in total. The molecular weight excluding hydrogens is 230 g/mol. The number of nitrogens with two attached hydrogens (primary N) is 2. The number of rotatable bonds is 3. The molecule has 1 aliphatic carbocycles. The van der Waals surface area contributed by atoms with Gasteiger partial charge in [0.25, 0.3) is 0 Å². The van der Waals surface area contributed by atoms with Gasteiger partial charge >= 0.3 is 0 Å². The zero-order valence-electron chi connectivity index (χ0n) is 11.5. The third-order valence-corrected chi connectivity index (χ3v) is 3.69. The molecule has 104 valence electrons. The molecule has 0 aromatic heterocycles. The predicted molar refractivity (Wildman–Crippen MR) is 70.5 cm³/mol. The molecule has 0 unspecified atom stereocenters. The monoisotopic (exact) mass is 255 g/mol. The molecule has 1 fully saturated rings. The predicted octanol–water partition coefficient (Wildman–Crippen LogP) is 0.520. The van der Waals surface area contributed by atoms with Gasteiger partial charge in [0.05, 0.1) is 6.04 Å². The van der Waals surface area contributed by atoms with E-state index in [0.29, 0.717) is 0 Å². The number of primary amides is 1. The molecule has 0 aliphatic heterocycles. The lowest BCUT2D eigenvalue weighted by Gasteiger charge is -2.31. The summed E-state index contributed by atoms with van der Waals surface area (Å²) in [5, 5.41) is 2.97. The van der Waals surface area contributed by atoms with Gasteiger partial charge in [0.15, 0.2) is 0 Å². The highest BCUT2D eigenvalue weighted by atomic mass is 16.2. The van der Waals surface area contributed by atoms with Gasteiger partial charge in [-0.25, -0.2) is 0 Å². The number of carbonyl (C=O) groups is 2. The molecule has 0 heterocycles. The van der Waals surface area contributed by atoms with Crippen molar-refractivity contribution in [3.8, 4) is 0 Å². The Bertz CT molecular complexity index is 315. The minimum atomic E-state index is -0.508. The molecule has 5 nitrogen and oxygen atoms in total. The van der Waals surface area contributed by atoms with Gasteiger partial charge < -0.3 is 16.8 Å². The van der Waals surface area contributed by atoms with Crippen molar-refractivity contribution in [1.29, 1.82) is 0 Å². The van der Waals surface area contributed by atoms with Crippen molar-refractivity contribution < 1.29 is 9.59 Å². The van der Waals surface area contributed by atoms with E-state index in [0.717, 1.165) is 25.7 Å². The minimum Gasteiger partial charge on any atom is -0.369 e. The van der Waals surface area contributed by atoms with E-state index < -0.39 is 6.04 Å². The van der Waals surface area contributed by atoms with Gasteiger partial charge in [-0.2, -0.15) is 0 Å². The molecule has 0 spiro atoms. The largest absolute Gasteiger partial charge is 0.369 e. The smallest absolute Gasteiger partial charge is 0.237 e. The van der Waals surface area contributed by atoms with Crippen LogP contribution < -0.4 is 16.8 Å². The van der Waals surface area contributed by atoms with Crippen LogP contribution in [0.1, 0.15) is 46.5 Å². The molecule has 2 amide bonds. The third-order valence-electron chi connectivity index (χ3n) is 3.69. The van der Waals surface area contributed by atoms with Gasteiger partial charge in [0.2, 0.25) is 11.8 Å². The second-order valence-electron chi connectivity index (χ2n) is 6.30. The first-order chi connectivity index (χ1) is 8.21. The van der Waals surface area contributed by atoms with Crippen molar-refractivity contribution in [2.24, 2.45) is 22.8 Å². The summed E-state index contributed by atoms with van der Waals surface area (Å²) in [6.45, 7) is 5.84. The van der Waals surface area contributed by atoms with Crippen molar-refractivity contribution in [2.75, 3.05) is 0 Å². The van der Waals surface area contributed by atoms with Crippen LogP contribution in [0, 0.1) is 11.3 Å². The van der Waals surface area contributed by atoms with Crippen LogP contribution in [0.3, 0.4) is 0 Å².